The molecule has 1 aromatic heterocycles. The van der Waals surface area contributed by atoms with E-state index in [4.69, 9.17) is 11.6 Å². The molecule has 3 rings (SSSR count). The second-order valence-electron chi connectivity index (χ2n) is 6.51. The summed E-state index contributed by atoms with van der Waals surface area (Å²) < 4.78 is 1.80. The van der Waals surface area contributed by atoms with E-state index in [9.17, 15) is 4.79 Å². The molecule has 1 atom stereocenters. The van der Waals surface area contributed by atoms with E-state index in [1.165, 1.54) is 12.8 Å². The number of hydrogen-bond donors (Lipinski definition) is 2. The summed E-state index contributed by atoms with van der Waals surface area (Å²) in [6, 6.07) is 7.51. The van der Waals surface area contributed by atoms with E-state index >= 15 is 0 Å². The highest BCUT2D eigenvalue weighted by Gasteiger charge is 2.18. The minimum atomic E-state index is -0.0473. The molecular weight excluding hydrogens is 336 g/mol. The largest absolute Gasteiger partial charge is 0.352 e. The zero-order chi connectivity index (χ0) is 17.6. The molecule has 1 unspecified atom stereocenters. The van der Waals surface area contributed by atoms with Gasteiger partial charge in [-0.05, 0) is 62.9 Å². The molecule has 1 aliphatic heterocycles. The van der Waals surface area contributed by atoms with Crippen molar-refractivity contribution in [3.63, 3.8) is 0 Å². The molecule has 2 aromatic rings. The second kappa shape index (κ2) is 8.50. The first kappa shape index (κ1) is 18.0. The molecular formula is C19H25ClN4O. The lowest BCUT2D eigenvalue weighted by Gasteiger charge is -2.22. The van der Waals surface area contributed by atoms with Crippen molar-refractivity contribution in [2.24, 2.45) is 5.92 Å². The fraction of sp³-hybridized carbons (Fsp3) is 0.474. The maximum absolute atomic E-state index is 12.6. The van der Waals surface area contributed by atoms with Gasteiger partial charge in [0.2, 0.25) is 0 Å². The Balaban J connectivity index is 1.66. The molecule has 134 valence electrons. The third kappa shape index (κ3) is 4.41. The minimum absolute atomic E-state index is 0.0473. The topological polar surface area (TPSA) is 59.0 Å². The number of carbonyl (C=O) groups excluding carboxylic acids is 1. The highest BCUT2D eigenvalue weighted by molar-refractivity contribution is 6.30. The van der Waals surface area contributed by atoms with E-state index in [0.29, 0.717) is 23.0 Å². The maximum atomic E-state index is 12.6. The lowest BCUT2D eigenvalue weighted by Crippen LogP contribution is -2.33. The molecule has 0 spiro atoms. The highest BCUT2D eigenvalue weighted by Crippen LogP contribution is 2.19. The monoisotopic (exact) mass is 360 g/mol. The number of aromatic nitrogens is 2. The Morgan fingerprint density at radius 2 is 2.36 bits per heavy atom. The van der Waals surface area contributed by atoms with E-state index in [-0.39, 0.29) is 5.91 Å². The van der Waals surface area contributed by atoms with Crippen molar-refractivity contribution < 1.29 is 4.79 Å². The Hall–Kier alpha value is -1.85. The summed E-state index contributed by atoms with van der Waals surface area (Å²) >= 11 is 6.08. The average Bonchev–Trinajstić information content (AvgIpc) is 3.06. The maximum Gasteiger partial charge on any atom is 0.254 e. The van der Waals surface area contributed by atoms with Gasteiger partial charge in [-0.15, -0.1) is 0 Å². The molecule has 25 heavy (non-hydrogen) atoms. The molecule has 1 saturated heterocycles. The second-order valence-corrected chi connectivity index (χ2v) is 6.94. The van der Waals surface area contributed by atoms with Gasteiger partial charge in [0.15, 0.2) is 0 Å². The number of nitrogens with one attached hydrogen (secondary N) is 2. The van der Waals surface area contributed by atoms with Crippen molar-refractivity contribution >= 4 is 17.5 Å². The third-order valence-corrected chi connectivity index (χ3v) is 4.97. The molecule has 1 amide bonds. The van der Waals surface area contributed by atoms with E-state index in [1.807, 2.05) is 31.2 Å². The van der Waals surface area contributed by atoms with Gasteiger partial charge in [-0.3, -0.25) is 4.79 Å². The fourth-order valence-electron chi connectivity index (χ4n) is 3.39. The van der Waals surface area contributed by atoms with Gasteiger partial charge in [-0.2, -0.15) is 5.10 Å². The van der Waals surface area contributed by atoms with Crippen molar-refractivity contribution in [1.29, 1.82) is 0 Å². The Labute approximate surface area is 153 Å². The summed E-state index contributed by atoms with van der Waals surface area (Å²) in [6.07, 6.45) is 5.86. The number of nitrogens with zero attached hydrogens (tertiary/aromatic N) is 2. The summed E-state index contributed by atoms with van der Waals surface area (Å²) in [5.41, 5.74) is 2.42. The lowest BCUT2D eigenvalue weighted by atomic mass is 9.96. The predicted octanol–water partition coefficient (Wildman–Crippen LogP) is 3.21. The lowest BCUT2D eigenvalue weighted by molar-refractivity contribution is 0.0949. The van der Waals surface area contributed by atoms with Crippen LogP contribution in [0.1, 0.15) is 42.2 Å². The van der Waals surface area contributed by atoms with Gasteiger partial charge in [0.1, 0.15) is 0 Å². The summed E-state index contributed by atoms with van der Waals surface area (Å²) in [5.74, 6) is 0.614. The van der Waals surface area contributed by atoms with Crippen LogP contribution in [0.2, 0.25) is 5.02 Å². The van der Waals surface area contributed by atoms with Crippen LogP contribution >= 0.6 is 11.6 Å². The van der Waals surface area contributed by atoms with Crippen LogP contribution in [-0.2, 0) is 6.42 Å². The van der Waals surface area contributed by atoms with Crippen LogP contribution in [-0.4, -0.2) is 35.3 Å². The normalized spacial score (nSPS) is 17.4. The highest BCUT2D eigenvalue weighted by atomic mass is 35.5. The molecule has 0 bridgehead atoms. The van der Waals surface area contributed by atoms with Crippen molar-refractivity contribution in [2.75, 3.05) is 19.6 Å². The Kier molecular flexibility index (Phi) is 6.10. The van der Waals surface area contributed by atoms with Gasteiger partial charge in [0.05, 0.1) is 23.1 Å². The van der Waals surface area contributed by atoms with Crippen LogP contribution in [0.3, 0.4) is 0 Å². The van der Waals surface area contributed by atoms with E-state index in [2.05, 4.69) is 15.7 Å². The van der Waals surface area contributed by atoms with Crippen molar-refractivity contribution in [1.82, 2.24) is 20.4 Å². The zero-order valence-electron chi connectivity index (χ0n) is 14.6. The van der Waals surface area contributed by atoms with Crippen LogP contribution in [0, 0.1) is 5.92 Å². The van der Waals surface area contributed by atoms with E-state index < -0.39 is 0 Å². The average molecular weight is 361 g/mol. The minimum Gasteiger partial charge on any atom is -0.352 e. The number of carbonyl (C=O) groups is 1. The van der Waals surface area contributed by atoms with Gasteiger partial charge >= 0.3 is 0 Å². The van der Waals surface area contributed by atoms with Gasteiger partial charge in [-0.25, -0.2) is 4.68 Å². The molecule has 2 heterocycles. The number of amides is 1. The number of halogens is 1. The first-order chi connectivity index (χ1) is 12.2. The number of hydrogen-bond acceptors (Lipinski definition) is 3. The molecule has 2 N–H and O–H groups in total. The standard InChI is InChI=1S/C19H25ClN4O/c1-2-18-17(13-23-24(18)16-7-3-6-15(20)11-16)19(25)22-10-8-14-5-4-9-21-12-14/h3,6-7,11,13-14,21H,2,4-5,8-10,12H2,1H3,(H,22,25). The van der Waals surface area contributed by atoms with Crippen LogP contribution in [0.4, 0.5) is 0 Å². The molecule has 1 aliphatic rings. The van der Waals surface area contributed by atoms with E-state index in [0.717, 1.165) is 37.3 Å². The fourth-order valence-corrected chi connectivity index (χ4v) is 3.57. The number of piperidine rings is 1. The van der Waals surface area contributed by atoms with Crippen molar-refractivity contribution in [2.45, 2.75) is 32.6 Å². The summed E-state index contributed by atoms with van der Waals surface area (Å²) in [6.45, 7) is 4.91. The number of benzene rings is 1. The SMILES string of the molecule is CCc1c(C(=O)NCCC2CCCNC2)cnn1-c1cccc(Cl)c1. The summed E-state index contributed by atoms with van der Waals surface area (Å²) in [4.78, 5) is 12.6. The summed E-state index contributed by atoms with van der Waals surface area (Å²) in [7, 11) is 0. The van der Waals surface area contributed by atoms with E-state index in [1.54, 1.807) is 10.9 Å². The molecule has 6 heteroatoms. The number of rotatable bonds is 6. The molecule has 0 radical (unpaired) electrons. The zero-order valence-corrected chi connectivity index (χ0v) is 15.4. The van der Waals surface area contributed by atoms with Crippen LogP contribution in [0.5, 0.6) is 0 Å². The molecule has 1 fully saturated rings. The Bertz CT molecular complexity index is 722. The smallest absolute Gasteiger partial charge is 0.254 e. The van der Waals surface area contributed by atoms with Crippen LogP contribution in [0.15, 0.2) is 30.5 Å². The van der Waals surface area contributed by atoms with Crippen molar-refractivity contribution in [3.05, 3.63) is 46.7 Å². The molecule has 1 aromatic carbocycles. The Morgan fingerprint density at radius 1 is 1.48 bits per heavy atom. The van der Waals surface area contributed by atoms with Gasteiger partial charge in [-0.1, -0.05) is 24.6 Å². The predicted molar refractivity (Wildman–Crippen MR) is 100 cm³/mol. The third-order valence-electron chi connectivity index (χ3n) is 4.74. The van der Waals surface area contributed by atoms with Crippen LogP contribution in [0.25, 0.3) is 5.69 Å². The first-order valence-corrected chi connectivity index (χ1v) is 9.38. The molecule has 5 nitrogen and oxygen atoms in total. The van der Waals surface area contributed by atoms with Gasteiger partial charge < -0.3 is 10.6 Å². The molecule has 0 aliphatic carbocycles. The quantitative estimate of drug-likeness (QED) is 0.831. The molecule has 0 saturated carbocycles. The van der Waals surface area contributed by atoms with Crippen molar-refractivity contribution in [3.8, 4) is 5.69 Å². The van der Waals surface area contributed by atoms with Crippen LogP contribution < -0.4 is 10.6 Å². The summed E-state index contributed by atoms with van der Waals surface area (Å²) in [5, 5.41) is 11.5. The van der Waals surface area contributed by atoms with Gasteiger partial charge in [0, 0.05) is 11.6 Å². The first-order valence-electron chi connectivity index (χ1n) is 9.00. The van der Waals surface area contributed by atoms with Gasteiger partial charge in [0.25, 0.3) is 5.91 Å². The Morgan fingerprint density at radius 3 is 3.08 bits per heavy atom.